The maximum absolute atomic E-state index is 12.8. The zero-order valence-corrected chi connectivity index (χ0v) is 16.6. The smallest absolute Gasteiger partial charge is 0.251 e. The minimum absolute atomic E-state index is 0.00812. The summed E-state index contributed by atoms with van der Waals surface area (Å²) >= 11 is 0. The Morgan fingerprint density at radius 3 is 2.46 bits per heavy atom. The first-order chi connectivity index (χ1) is 13.3. The monoisotopic (exact) mass is 400 g/mol. The fourth-order valence-electron chi connectivity index (χ4n) is 3.31. The molecule has 1 aliphatic carbocycles. The van der Waals surface area contributed by atoms with Crippen molar-refractivity contribution in [2.75, 3.05) is 17.3 Å². The van der Waals surface area contributed by atoms with Crippen LogP contribution in [-0.4, -0.2) is 38.3 Å². The number of amides is 2. The second-order valence-corrected chi connectivity index (χ2v) is 9.40. The van der Waals surface area contributed by atoms with Crippen molar-refractivity contribution in [1.29, 1.82) is 0 Å². The quantitative estimate of drug-likeness (QED) is 0.746. The van der Waals surface area contributed by atoms with E-state index in [1.807, 2.05) is 18.2 Å². The lowest BCUT2D eigenvalue weighted by Gasteiger charge is -2.18. The summed E-state index contributed by atoms with van der Waals surface area (Å²) in [6.45, 7) is 0. The molecular weight excluding hydrogens is 376 g/mol. The summed E-state index contributed by atoms with van der Waals surface area (Å²) in [5, 5.41) is 5.48. The molecule has 1 aliphatic rings. The molecule has 0 heterocycles. The molecule has 28 heavy (non-hydrogen) atoms. The van der Waals surface area contributed by atoms with Crippen LogP contribution in [0, 0.1) is 0 Å². The van der Waals surface area contributed by atoms with E-state index < -0.39 is 27.7 Å². The molecule has 2 N–H and O–H groups in total. The van der Waals surface area contributed by atoms with E-state index in [0.717, 1.165) is 25.5 Å². The maximum Gasteiger partial charge on any atom is 0.251 e. The van der Waals surface area contributed by atoms with Crippen LogP contribution >= 0.6 is 0 Å². The van der Waals surface area contributed by atoms with Crippen LogP contribution in [0.2, 0.25) is 0 Å². The van der Waals surface area contributed by atoms with Crippen LogP contribution in [0.15, 0.2) is 48.5 Å². The number of anilines is 1. The van der Waals surface area contributed by atoms with Gasteiger partial charge in [0.15, 0.2) is 0 Å². The Labute approximate surface area is 165 Å². The minimum Gasteiger partial charge on any atom is -0.340 e. The highest BCUT2D eigenvalue weighted by molar-refractivity contribution is 7.90. The Morgan fingerprint density at radius 1 is 1.04 bits per heavy atom. The first kappa shape index (κ1) is 20.1. The number of hydrogen-bond donors (Lipinski definition) is 2. The zero-order valence-electron chi connectivity index (χ0n) is 15.8. The van der Waals surface area contributed by atoms with Gasteiger partial charge in [0.05, 0.1) is 5.75 Å². The van der Waals surface area contributed by atoms with Crippen LogP contribution in [0.4, 0.5) is 5.69 Å². The predicted molar refractivity (Wildman–Crippen MR) is 109 cm³/mol. The van der Waals surface area contributed by atoms with Gasteiger partial charge in [0.25, 0.3) is 5.91 Å². The van der Waals surface area contributed by atoms with E-state index in [1.54, 1.807) is 30.3 Å². The van der Waals surface area contributed by atoms with Gasteiger partial charge in [-0.05, 0) is 61.1 Å². The molecule has 0 aromatic heterocycles. The first-order valence-corrected chi connectivity index (χ1v) is 11.3. The zero-order chi connectivity index (χ0) is 20.1. The summed E-state index contributed by atoms with van der Waals surface area (Å²) in [4.78, 5) is 25.2. The number of carbonyl (C=O) groups is 2. The Hall–Kier alpha value is -2.67. The van der Waals surface area contributed by atoms with E-state index in [-0.39, 0.29) is 12.2 Å². The summed E-state index contributed by atoms with van der Waals surface area (Å²) in [5.74, 6) is -1.03. The molecule has 6 nitrogen and oxygen atoms in total. The lowest BCUT2D eigenvalue weighted by Crippen LogP contribution is -2.44. The van der Waals surface area contributed by atoms with Crippen LogP contribution in [0.5, 0.6) is 0 Å². The third-order valence-electron chi connectivity index (χ3n) is 4.80. The Kier molecular flexibility index (Phi) is 6.14. The van der Waals surface area contributed by atoms with Crippen molar-refractivity contribution in [2.24, 2.45) is 0 Å². The van der Waals surface area contributed by atoms with Crippen molar-refractivity contribution < 1.29 is 18.0 Å². The minimum atomic E-state index is -3.27. The SMILES string of the molecule is CS(=O)(=O)CC[C@H](NC(=O)c1ccccc1)C(=O)Nc1ccc2c(c1)CCC2. The highest BCUT2D eigenvalue weighted by Gasteiger charge is 2.23. The topological polar surface area (TPSA) is 92.3 Å². The van der Waals surface area contributed by atoms with Gasteiger partial charge >= 0.3 is 0 Å². The average molecular weight is 401 g/mol. The third-order valence-corrected chi connectivity index (χ3v) is 5.78. The van der Waals surface area contributed by atoms with E-state index in [2.05, 4.69) is 10.6 Å². The van der Waals surface area contributed by atoms with Crippen LogP contribution in [0.3, 0.4) is 0 Å². The molecule has 7 heteroatoms. The van der Waals surface area contributed by atoms with Gasteiger partial charge in [-0.2, -0.15) is 0 Å². The fourth-order valence-corrected chi connectivity index (χ4v) is 3.97. The molecule has 0 spiro atoms. The van der Waals surface area contributed by atoms with E-state index in [1.165, 1.54) is 11.1 Å². The van der Waals surface area contributed by atoms with Gasteiger partial charge < -0.3 is 10.6 Å². The predicted octanol–water partition coefficient (Wildman–Crippen LogP) is 2.35. The van der Waals surface area contributed by atoms with E-state index >= 15 is 0 Å². The summed E-state index contributed by atoms with van der Waals surface area (Å²) < 4.78 is 23.1. The van der Waals surface area contributed by atoms with Crippen molar-refractivity contribution in [3.8, 4) is 0 Å². The molecular formula is C21H24N2O4S. The maximum atomic E-state index is 12.8. The van der Waals surface area contributed by atoms with E-state index in [4.69, 9.17) is 0 Å². The van der Waals surface area contributed by atoms with Crippen LogP contribution in [0.25, 0.3) is 0 Å². The number of aryl methyl sites for hydroxylation is 2. The number of fused-ring (bicyclic) bond motifs is 1. The first-order valence-electron chi connectivity index (χ1n) is 9.28. The standard InChI is InChI=1S/C21H24N2O4S/c1-28(26,27)13-12-19(23-20(24)16-6-3-2-4-7-16)21(25)22-18-11-10-15-8-5-9-17(15)14-18/h2-4,6-7,10-11,14,19H,5,8-9,12-13H2,1H3,(H,22,25)(H,23,24)/t19-/m0/s1. The summed E-state index contributed by atoms with van der Waals surface area (Å²) in [6.07, 6.45) is 4.27. The summed E-state index contributed by atoms with van der Waals surface area (Å²) in [6, 6.07) is 13.4. The molecule has 1 atom stereocenters. The van der Waals surface area contributed by atoms with Crippen LogP contribution < -0.4 is 10.6 Å². The number of rotatable bonds is 7. The molecule has 148 valence electrons. The molecule has 0 aliphatic heterocycles. The highest BCUT2D eigenvalue weighted by Crippen LogP contribution is 2.25. The van der Waals surface area contributed by atoms with Crippen molar-refractivity contribution >= 4 is 27.3 Å². The lowest BCUT2D eigenvalue weighted by atomic mass is 10.1. The largest absolute Gasteiger partial charge is 0.340 e. The molecule has 0 unspecified atom stereocenters. The summed E-state index contributed by atoms with van der Waals surface area (Å²) in [7, 11) is -3.27. The number of benzene rings is 2. The molecule has 0 radical (unpaired) electrons. The van der Waals surface area contributed by atoms with Gasteiger partial charge in [0.2, 0.25) is 5.91 Å². The van der Waals surface area contributed by atoms with Gasteiger partial charge in [-0.15, -0.1) is 0 Å². The molecule has 0 saturated heterocycles. The molecule has 2 aromatic carbocycles. The number of carbonyl (C=O) groups excluding carboxylic acids is 2. The molecule has 3 rings (SSSR count). The second-order valence-electron chi connectivity index (χ2n) is 7.14. The van der Waals surface area contributed by atoms with Gasteiger partial charge in [0, 0.05) is 17.5 Å². The normalized spacial score (nSPS) is 14.2. The van der Waals surface area contributed by atoms with Crippen molar-refractivity contribution in [3.63, 3.8) is 0 Å². The van der Waals surface area contributed by atoms with Crippen molar-refractivity contribution in [2.45, 2.75) is 31.7 Å². The number of hydrogen-bond acceptors (Lipinski definition) is 4. The van der Waals surface area contributed by atoms with Crippen LogP contribution in [0.1, 0.15) is 34.3 Å². The Balaban J connectivity index is 1.73. The van der Waals surface area contributed by atoms with Gasteiger partial charge in [-0.3, -0.25) is 9.59 Å². The molecule has 2 aromatic rings. The molecule has 0 saturated carbocycles. The third kappa shape index (κ3) is 5.42. The Bertz CT molecular complexity index is 971. The van der Waals surface area contributed by atoms with Crippen molar-refractivity contribution in [3.05, 3.63) is 65.2 Å². The number of nitrogens with one attached hydrogen (secondary N) is 2. The lowest BCUT2D eigenvalue weighted by molar-refractivity contribution is -0.118. The van der Waals surface area contributed by atoms with E-state index in [0.29, 0.717) is 11.3 Å². The van der Waals surface area contributed by atoms with Crippen LogP contribution in [-0.2, 0) is 27.5 Å². The number of sulfone groups is 1. The molecule has 0 fully saturated rings. The van der Waals surface area contributed by atoms with E-state index in [9.17, 15) is 18.0 Å². The van der Waals surface area contributed by atoms with Gasteiger partial charge in [-0.25, -0.2) is 8.42 Å². The molecule has 2 amide bonds. The average Bonchev–Trinajstić information content (AvgIpc) is 3.12. The Morgan fingerprint density at radius 2 is 1.75 bits per heavy atom. The summed E-state index contributed by atoms with van der Waals surface area (Å²) in [5.41, 5.74) is 3.59. The molecule has 0 bridgehead atoms. The second kappa shape index (κ2) is 8.56. The van der Waals surface area contributed by atoms with Gasteiger partial charge in [0.1, 0.15) is 15.9 Å². The fraction of sp³-hybridized carbons (Fsp3) is 0.333. The highest BCUT2D eigenvalue weighted by atomic mass is 32.2. The van der Waals surface area contributed by atoms with Gasteiger partial charge in [-0.1, -0.05) is 24.3 Å². The van der Waals surface area contributed by atoms with Crippen molar-refractivity contribution in [1.82, 2.24) is 5.32 Å².